The van der Waals surface area contributed by atoms with E-state index in [4.69, 9.17) is 4.74 Å². The molecule has 0 aliphatic carbocycles. The van der Waals surface area contributed by atoms with E-state index in [9.17, 15) is 0 Å². The molecule has 7 heteroatoms. The highest BCUT2D eigenvalue weighted by molar-refractivity contribution is 14.0. The summed E-state index contributed by atoms with van der Waals surface area (Å²) in [5, 5.41) is 7.87. The van der Waals surface area contributed by atoms with Gasteiger partial charge in [-0.1, -0.05) is 12.1 Å². The van der Waals surface area contributed by atoms with Crippen molar-refractivity contribution < 1.29 is 4.74 Å². The molecule has 0 fully saturated rings. The Bertz CT molecular complexity index is 683. The van der Waals surface area contributed by atoms with E-state index in [1.165, 1.54) is 15.4 Å². The third-order valence-electron chi connectivity index (χ3n) is 3.84. The van der Waals surface area contributed by atoms with Gasteiger partial charge in [-0.05, 0) is 44.9 Å². The number of halogens is 1. The largest absolute Gasteiger partial charge is 0.494 e. The minimum Gasteiger partial charge on any atom is -0.494 e. The molecule has 5 nitrogen and oxygen atoms in total. The van der Waals surface area contributed by atoms with Crippen LogP contribution in [0.3, 0.4) is 0 Å². The number of ether oxygens (including phenoxy) is 1. The van der Waals surface area contributed by atoms with Gasteiger partial charge in [0.25, 0.3) is 0 Å². The number of thiazole rings is 1. The molecule has 0 unspecified atom stereocenters. The molecule has 1 aromatic heterocycles. The molecule has 0 atom stereocenters. The van der Waals surface area contributed by atoms with Gasteiger partial charge in [0.1, 0.15) is 5.75 Å². The van der Waals surface area contributed by atoms with Crippen LogP contribution < -0.4 is 15.4 Å². The third kappa shape index (κ3) is 7.49. The van der Waals surface area contributed by atoms with E-state index in [1.807, 2.05) is 19.1 Å². The van der Waals surface area contributed by atoms with Crippen molar-refractivity contribution in [1.82, 2.24) is 15.6 Å². The number of hydrogen-bond donors (Lipinski definition) is 2. The Balaban J connectivity index is 0.00000338. The fraction of sp³-hybridized carbons (Fsp3) is 0.474. The van der Waals surface area contributed by atoms with Crippen LogP contribution in [0, 0.1) is 13.8 Å². The van der Waals surface area contributed by atoms with Gasteiger partial charge < -0.3 is 15.4 Å². The van der Waals surface area contributed by atoms with Crippen LogP contribution in [0.15, 0.2) is 29.3 Å². The van der Waals surface area contributed by atoms with Crippen LogP contribution in [0.5, 0.6) is 5.75 Å². The first-order valence-electron chi connectivity index (χ1n) is 8.71. The fourth-order valence-corrected chi connectivity index (χ4v) is 3.37. The van der Waals surface area contributed by atoms with Gasteiger partial charge in [-0.3, -0.25) is 4.99 Å². The molecule has 0 bridgehead atoms. The number of aliphatic imine (C=N–C) groups is 1. The Morgan fingerprint density at radius 2 is 1.92 bits per heavy atom. The van der Waals surface area contributed by atoms with Gasteiger partial charge in [0.05, 0.1) is 17.3 Å². The van der Waals surface area contributed by atoms with E-state index < -0.39 is 0 Å². The van der Waals surface area contributed by atoms with Crippen LogP contribution in [0.25, 0.3) is 0 Å². The number of rotatable bonds is 8. The van der Waals surface area contributed by atoms with Gasteiger partial charge in [0.15, 0.2) is 5.96 Å². The maximum atomic E-state index is 5.54. The number of nitrogens with zero attached hydrogens (tertiary/aromatic N) is 2. The second kappa shape index (κ2) is 12.1. The summed E-state index contributed by atoms with van der Waals surface area (Å²) in [5.41, 5.74) is 2.39. The first kappa shape index (κ1) is 22.7. The number of aryl methyl sites for hydroxylation is 2. The molecule has 1 heterocycles. The van der Waals surface area contributed by atoms with Crippen LogP contribution in [0.1, 0.15) is 28.1 Å². The summed E-state index contributed by atoms with van der Waals surface area (Å²) in [6.07, 6.45) is 1.84. The zero-order chi connectivity index (χ0) is 18.1. The standard InChI is InChI=1S/C19H28N4OS.HI/c1-5-24-17-8-6-7-16(13-17)9-11-21-19(20-4)22-12-10-18-23-14(2)15(3)25-18;/h6-8,13H,5,9-12H2,1-4H3,(H2,20,21,22);1H. The molecule has 0 spiro atoms. The molecule has 0 aliphatic heterocycles. The number of hydrogen-bond acceptors (Lipinski definition) is 4. The van der Waals surface area contributed by atoms with Crippen molar-refractivity contribution >= 4 is 41.3 Å². The summed E-state index contributed by atoms with van der Waals surface area (Å²) in [4.78, 5) is 10.1. The molecular weight excluding hydrogens is 459 g/mol. The van der Waals surface area contributed by atoms with Gasteiger partial charge >= 0.3 is 0 Å². The Kier molecular flexibility index (Phi) is 10.6. The maximum absolute atomic E-state index is 5.54. The van der Waals surface area contributed by atoms with Crippen molar-refractivity contribution in [3.05, 3.63) is 45.4 Å². The molecule has 2 N–H and O–H groups in total. The van der Waals surface area contributed by atoms with Gasteiger partial charge in [0, 0.05) is 31.4 Å². The number of benzene rings is 1. The van der Waals surface area contributed by atoms with E-state index >= 15 is 0 Å². The lowest BCUT2D eigenvalue weighted by molar-refractivity contribution is 0.340. The van der Waals surface area contributed by atoms with Gasteiger partial charge in [-0.2, -0.15) is 0 Å². The summed E-state index contributed by atoms with van der Waals surface area (Å²) < 4.78 is 5.54. The number of guanidine groups is 1. The van der Waals surface area contributed by atoms with E-state index in [0.29, 0.717) is 6.61 Å². The van der Waals surface area contributed by atoms with Crippen LogP contribution in [-0.4, -0.2) is 37.7 Å². The van der Waals surface area contributed by atoms with E-state index in [0.717, 1.165) is 43.3 Å². The smallest absolute Gasteiger partial charge is 0.191 e. The Morgan fingerprint density at radius 3 is 2.54 bits per heavy atom. The highest BCUT2D eigenvalue weighted by Gasteiger charge is 2.04. The lowest BCUT2D eigenvalue weighted by Crippen LogP contribution is -2.39. The van der Waals surface area contributed by atoms with E-state index in [1.54, 1.807) is 18.4 Å². The highest BCUT2D eigenvalue weighted by Crippen LogP contribution is 2.16. The van der Waals surface area contributed by atoms with Crippen LogP contribution in [0.2, 0.25) is 0 Å². The summed E-state index contributed by atoms with van der Waals surface area (Å²) in [7, 11) is 1.79. The topological polar surface area (TPSA) is 58.5 Å². The quantitative estimate of drug-likeness (QED) is 0.338. The van der Waals surface area contributed by atoms with Crippen molar-refractivity contribution in [2.75, 3.05) is 26.7 Å². The molecular formula is C19H29IN4OS. The molecule has 0 aliphatic rings. The summed E-state index contributed by atoms with van der Waals surface area (Å²) in [5.74, 6) is 1.75. The van der Waals surface area contributed by atoms with E-state index in [-0.39, 0.29) is 24.0 Å². The maximum Gasteiger partial charge on any atom is 0.191 e. The Labute approximate surface area is 177 Å². The average Bonchev–Trinajstić information content (AvgIpc) is 2.92. The lowest BCUT2D eigenvalue weighted by atomic mass is 10.1. The molecule has 2 rings (SSSR count). The first-order valence-corrected chi connectivity index (χ1v) is 9.53. The van der Waals surface area contributed by atoms with Crippen molar-refractivity contribution in [3.8, 4) is 5.75 Å². The molecule has 2 aromatic rings. The van der Waals surface area contributed by atoms with Crippen molar-refractivity contribution in [3.63, 3.8) is 0 Å². The van der Waals surface area contributed by atoms with Gasteiger partial charge in [-0.25, -0.2) is 4.98 Å². The Hall–Kier alpha value is -1.35. The molecule has 0 saturated carbocycles. The highest BCUT2D eigenvalue weighted by atomic mass is 127. The third-order valence-corrected chi connectivity index (χ3v) is 4.98. The van der Waals surface area contributed by atoms with Crippen molar-refractivity contribution in [2.45, 2.75) is 33.6 Å². The monoisotopic (exact) mass is 488 g/mol. The molecule has 26 heavy (non-hydrogen) atoms. The Morgan fingerprint density at radius 1 is 1.19 bits per heavy atom. The zero-order valence-electron chi connectivity index (χ0n) is 16.0. The van der Waals surface area contributed by atoms with Crippen molar-refractivity contribution in [1.29, 1.82) is 0 Å². The second-order valence-electron chi connectivity index (χ2n) is 5.76. The summed E-state index contributed by atoms with van der Waals surface area (Å²) in [6, 6.07) is 8.23. The average molecular weight is 488 g/mol. The number of nitrogens with one attached hydrogen (secondary N) is 2. The van der Waals surface area contributed by atoms with Crippen LogP contribution >= 0.6 is 35.3 Å². The SMILES string of the molecule is CCOc1cccc(CCNC(=NC)NCCc2nc(C)c(C)s2)c1.I. The molecule has 0 saturated heterocycles. The molecule has 0 radical (unpaired) electrons. The predicted molar refractivity (Wildman–Crippen MR) is 121 cm³/mol. The molecule has 1 aromatic carbocycles. The fourth-order valence-electron chi connectivity index (χ4n) is 2.44. The number of aromatic nitrogens is 1. The first-order chi connectivity index (χ1) is 12.1. The molecule has 144 valence electrons. The van der Waals surface area contributed by atoms with E-state index in [2.05, 4.69) is 46.6 Å². The summed E-state index contributed by atoms with van der Waals surface area (Å²) >= 11 is 1.77. The predicted octanol–water partition coefficient (Wildman–Crippen LogP) is 3.73. The zero-order valence-corrected chi connectivity index (χ0v) is 19.1. The minimum atomic E-state index is 0. The normalized spacial score (nSPS) is 11.0. The van der Waals surface area contributed by atoms with Crippen LogP contribution in [0.4, 0.5) is 0 Å². The molecule has 0 amide bonds. The second-order valence-corrected chi connectivity index (χ2v) is 7.04. The van der Waals surface area contributed by atoms with Crippen LogP contribution in [-0.2, 0) is 12.8 Å². The summed E-state index contributed by atoms with van der Waals surface area (Å²) in [6.45, 7) is 8.51. The van der Waals surface area contributed by atoms with Crippen molar-refractivity contribution in [2.24, 2.45) is 4.99 Å². The van der Waals surface area contributed by atoms with Gasteiger partial charge in [-0.15, -0.1) is 35.3 Å². The van der Waals surface area contributed by atoms with Gasteiger partial charge in [0.2, 0.25) is 0 Å². The lowest BCUT2D eigenvalue weighted by Gasteiger charge is -2.12. The minimum absolute atomic E-state index is 0.